The van der Waals surface area contributed by atoms with Gasteiger partial charge < -0.3 is 9.13 Å². The quantitative estimate of drug-likeness (QED) is 0.188. The predicted molar refractivity (Wildman–Crippen MR) is 205 cm³/mol. The number of benzene rings is 7. The molecule has 0 unspecified atom stereocenters. The normalized spacial score (nSPS) is 11.6. The van der Waals surface area contributed by atoms with Crippen LogP contribution in [0.2, 0.25) is 0 Å². The van der Waals surface area contributed by atoms with Gasteiger partial charge in [0.15, 0.2) is 17.5 Å². The molecule has 0 N–H and O–H groups in total. The summed E-state index contributed by atoms with van der Waals surface area (Å²) in [5.74, 6) is 1.93. The monoisotopic (exact) mass is 639 g/mol. The summed E-state index contributed by atoms with van der Waals surface area (Å²) in [6.45, 7) is 0. The van der Waals surface area contributed by atoms with E-state index in [0.29, 0.717) is 17.5 Å². The predicted octanol–water partition coefficient (Wildman–Crippen LogP) is 11.1. The van der Waals surface area contributed by atoms with Gasteiger partial charge in [-0.2, -0.15) is 0 Å². The van der Waals surface area contributed by atoms with E-state index in [-0.39, 0.29) is 0 Å². The summed E-state index contributed by atoms with van der Waals surface area (Å²) in [6.07, 6.45) is 2.17. The summed E-state index contributed by atoms with van der Waals surface area (Å²) < 4.78 is 4.67. The smallest absolute Gasteiger partial charge is 0.164 e. The zero-order valence-electron chi connectivity index (χ0n) is 27.0. The van der Waals surface area contributed by atoms with Gasteiger partial charge in [-0.05, 0) is 47.9 Å². The summed E-state index contributed by atoms with van der Waals surface area (Å²) in [7, 11) is 0. The summed E-state index contributed by atoms with van der Waals surface area (Å²) in [5, 5.41) is 6.14. The van der Waals surface area contributed by atoms with Crippen LogP contribution in [-0.2, 0) is 0 Å². The molecule has 50 heavy (non-hydrogen) atoms. The Morgan fingerprint density at radius 3 is 1.68 bits per heavy atom. The molecule has 0 aliphatic rings. The van der Waals surface area contributed by atoms with Gasteiger partial charge in [-0.15, -0.1) is 0 Å². The number of fused-ring (bicyclic) bond motifs is 7. The zero-order valence-corrected chi connectivity index (χ0v) is 27.0. The molecule has 0 atom stereocenters. The highest BCUT2D eigenvalue weighted by Crippen LogP contribution is 2.40. The Kier molecular flexibility index (Phi) is 6.42. The van der Waals surface area contributed by atoms with Crippen LogP contribution < -0.4 is 0 Å². The molecule has 0 saturated heterocycles. The summed E-state index contributed by atoms with van der Waals surface area (Å²) in [5.41, 5.74) is 8.54. The molecule has 7 aromatic carbocycles. The highest BCUT2D eigenvalue weighted by molar-refractivity contribution is 6.25. The molecule has 0 spiro atoms. The maximum Gasteiger partial charge on any atom is 0.164 e. The third-order valence-electron chi connectivity index (χ3n) is 9.58. The van der Waals surface area contributed by atoms with Crippen LogP contribution in [-0.4, -0.2) is 24.1 Å². The van der Waals surface area contributed by atoms with E-state index >= 15 is 0 Å². The van der Waals surface area contributed by atoms with E-state index in [1.54, 1.807) is 0 Å². The maximum absolute atomic E-state index is 5.01. The second-order valence-electron chi connectivity index (χ2n) is 12.5. The SMILES string of the molecule is c1ccc(-c2nc(-c3ccccc3)nc(-c3cccc(-n4c5ccccc5c5c6ccc7ccn(-c8ccccc8)c7c6ccc54)c3)n2)cc1. The molecule has 5 heteroatoms. The van der Waals surface area contributed by atoms with Crippen LogP contribution in [0.3, 0.4) is 0 Å². The summed E-state index contributed by atoms with van der Waals surface area (Å²) in [6, 6.07) is 59.3. The van der Waals surface area contributed by atoms with Crippen LogP contribution in [0.15, 0.2) is 176 Å². The van der Waals surface area contributed by atoms with Crippen molar-refractivity contribution in [1.29, 1.82) is 0 Å². The van der Waals surface area contributed by atoms with Crippen LogP contribution in [0.4, 0.5) is 0 Å². The van der Waals surface area contributed by atoms with Crippen molar-refractivity contribution in [3.8, 4) is 45.5 Å². The molecule has 0 fully saturated rings. The third kappa shape index (κ3) is 4.52. The molecule has 10 rings (SSSR count). The largest absolute Gasteiger partial charge is 0.316 e. The fourth-order valence-electron chi connectivity index (χ4n) is 7.31. The number of hydrogen-bond acceptors (Lipinski definition) is 3. The van der Waals surface area contributed by atoms with Gasteiger partial charge in [-0.3, -0.25) is 0 Å². The fraction of sp³-hybridized carbons (Fsp3) is 0. The Morgan fingerprint density at radius 1 is 0.380 bits per heavy atom. The van der Waals surface area contributed by atoms with Crippen LogP contribution in [0, 0.1) is 0 Å². The molecule has 234 valence electrons. The number of rotatable bonds is 5. The minimum absolute atomic E-state index is 0.634. The average molecular weight is 640 g/mol. The minimum Gasteiger partial charge on any atom is -0.316 e. The van der Waals surface area contributed by atoms with Gasteiger partial charge in [0.1, 0.15) is 0 Å². The topological polar surface area (TPSA) is 48.5 Å². The van der Waals surface area contributed by atoms with Crippen molar-refractivity contribution in [3.05, 3.63) is 176 Å². The van der Waals surface area contributed by atoms with Gasteiger partial charge >= 0.3 is 0 Å². The molecular formula is C45H29N5. The van der Waals surface area contributed by atoms with Crippen molar-refractivity contribution < 1.29 is 0 Å². The molecule has 0 aliphatic carbocycles. The van der Waals surface area contributed by atoms with Crippen molar-refractivity contribution in [1.82, 2.24) is 24.1 Å². The first-order valence-corrected chi connectivity index (χ1v) is 16.8. The van der Waals surface area contributed by atoms with E-state index in [2.05, 4.69) is 125 Å². The Bertz CT molecular complexity index is 2800. The lowest BCUT2D eigenvalue weighted by Crippen LogP contribution is -2.01. The molecule has 10 aromatic rings. The molecule has 0 radical (unpaired) electrons. The van der Waals surface area contributed by atoms with E-state index in [0.717, 1.165) is 39.1 Å². The average Bonchev–Trinajstić information content (AvgIpc) is 3.79. The second kappa shape index (κ2) is 11.4. The van der Waals surface area contributed by atoms with Crippen LogP contribution in [0.5, 0.6) is 0 Å². The van der Waals surface area contributed by atoms with Crippen molar-refractivity contribution >= 4 is 43.5 Å². The fourth-order valence-corrected chi connectivity index (χ4v) is 7.31. The lowest BCUT2D eigenvalue weighted by atomic mass is 10.0. The number of para-hydroxylation sites is 2. The Hall–Kier alpha value is -6.85. The van der Waals surface area contributed by atoms with Gasteiger partial charge in [0.25, 0.3) is 0 Å². The first-order chi connectivity index (χ1) is 24.8. The van der Waals surface area contributed by atoms with E-state index < -0.39 is 0 Å². The van der Waals surface area contributed by atoms with Crippen molar-refractivity contribution in [3.63, 3.8) is 0 Å². The first-order valence-electron chi connectivity index (χ1n) is 16.8. The van der Waals surface area contributed by atoms with Gasteiger partial charge in [0.05, 0.1) is 16.6 Å². The summed E-state index contributed by atoms with van der Waals surface area (Å²) >= 11 is 0. The standard InChI is InChI=1S/C45H29N5/c1-4-13-31(14-5-1)43-46-44(32-15-6-2-7-16-32)48-45(47-43)33-17-12-20-35(29-33)50-39-22-11-10-21-38(39)41-36-24-23-30-27-28-49(34-18-8-3-9-19-34)42(30)37(36)25-26-40(41)50/h1-29H. The molecule has 0 bridgehead atoms. The van der Waals surface area contributed by atoms with E-state index in [9.17, 15) is 0 Å². The maximum atomic E-state index is 5.01. The molecule has 0 amide bonds. The van der Waals surface area contributed by atoms with Crippen LogP contribution in [0.25, 0.3) is 89.0 Å². The van der Waals surface area contributed by atoms with Gasteiger partial charge in [-0.25, -0.2) is 15.0 Å². The molecule has 5 nitrogen and oxygen atoms in total. The molecule has 0 aliphatic heterocycles. The zero-order chi connectivity index (χ0) is 33.0. The molecule has 0 saturated carbocycles. The molecular weight excluding hydrogens is 611 g/mol. The Balaban J connectivity index is 1.19. The highest BCUT2D eigenvalue weighted by Gasteiger charge is 2.18. The van der Waals surface area contributed by atoms with Gasteiger partial charge in [0.2, 0.25) is 0 Å². The number of hydrogen-bond donors (Lipinski definition) is 0. The Labute approximate surface area is 288 Å². The first kappa shape index (κ1) is 28.2. The van der Waals surface area contributed by atoms with Crippen LogP contribution >= 0.6 is 0 Å². The summed E-state index contributed by atoms with van der Waals surface area (Å²) in [4.78, 5) is 14.9. The molecule has 3 heterocycles. The lowest BCUT2D eigenvalue weighted by molar-refractivity contribution is 1.07. The van der Waals surface area contributed by atoms with E-state index in [1.807, 2.05) is 60.7 Å². The number of nitrogens with zero attached hydrogens (tertiary/aromatic N) is 5. The molecule has 3 aromatic heterocycles. The van der Waals surface area contributed by atoms with E-state index in [1.165, 1.54) is 32.4 Å². The highest BCUT2D eigenvalue weighted by atomic mass is 15.0. The van der Waals surface area contributed by atoms with Gasteiger partial charge in [0, 0.05) is 55.8 Å². The number of aromatic nitrogens is 5. The minimum atomic E-state index is 0.634. The lowest BCUT2D eigenvalue weighted by Gasteiger charge is -2.12. The van der Waals surface area contributed by atoms with Crippen LogP contribution in [0.1, 0.15) is 0 Å². The second-order valence-corrected chi connectivity index (χ2v) is 12.5. The third-order valence-corrected chi connectivity index (χ3v) is 9.58. The van der Waals surface area contributed by atoms with Crippen molar-refractivity contribution in [2.24, 2.45) is 0 Å². The Morgan fingerprint density at radius 2 is 0.960 bits per heavy atom. The van der Waals surface area contributed by atoms with Crippen molar-refractivity contribution in [2.45, 2.75) is 0 Å². The van der Waals surface area contributed by atoms with Crippen molar-refractivity contribution in [2.75, 3.05) is 0 Å². The van der Waals surface area contributed by atoms with Gasteiger partial charge in [-0.1, -0.05) is 127 Å². The van der Waals surface area contributed by atoms with E-state index in [4.69, 9.17) is 15.0 Å².